The smallest absolute Gasteiger partial charge is 0.306 e. The lowest BCUT2D eigenvalue weighted by molar-refractivity contribution is 0.226. The van der Waals surface area contributed by atoms with Crippen LogP contribution in [0.4, 0.5) is 10.5 Å². The summed E-state index contributed by atoms with van der Waals surface area (Å²) in [6, 6.07) is 5.51. The normalized spacial score (nSPS) is 24.7. The molecule has 2 amide bonds. The van der Waals surface area contributed by atoms with Gasteiger partial charge in [0.15, 0.2) is 0 Å². The largest absolute Gasteiger partial charge is 0.336 e. The molecule has 0 aromatic heterocycles. The van der Waals surface area contributed by atoms with Crippen molar-refractivity contribution < 1.29 is 13.2 Å². The number of para-hydroxylation sites is 1. The summed E-state index contributed by atoms with van der Waals surface area (Å²) < 4.78 is 26.1. The number of carbonyl (C=O) groups is 1. The number of nitrogens with one attached hydrogen (secondary N) is 1. The molecule has 0 saturated heterocycles. The van der Waals surface area contributed by atoms with Crippen molar-refractivity contribution in [1.29, 1.82) is 0 Å². The number of urea groups is 1. The Balaban J connectivity index is 2.10. The van der Waals surface area contributed by atoms with Crippen LogP contribution in [0.1, 0.15) is 19.3 Å². The number of amides is 2. The van der Waals surface area contributed by atoms with Crippen LogP contribution in [0.25, 0.3) is 0 Å². The molecule has 0 unspecified atom stereocenters. The van der Waals surface area contributed by atoms with Crippen molar-refractivity contribution in [2.45, 2.75) is 30.2 Å². The summed E-state index contributed by atoms with van der Waals surface area (Å²) >= 11 is 0. The minimum atomic E-state index is -3.76. The van der Waals surface area contributed by atoms with Crippen LogP contribution in [0.2, 0.25) is 0 Å². The predicted octanol–water partition coefficient (Wildman–Crippen LogP) is 2.33. The molecule has 0 radical (unpaired) electrons. The Morgan fingerprint density at radius 2 is 2.05 bits per heavy atom. The molecule has 0 fully saturated rings. The van der Waals surface area contributed by atoms with Gasteiger partial charge in [0.2, 0.25) is 0 Å². The first-order chi connectivity index (χ1) is 9.10. The Morgan fingerprint density at radius 1 is 1.26 bits per heavy atom. The topological polar surface area (TPSA) is 66.5 Å². The number of hydrogen-bond acceptors (Lipinski definition) is 3. The van der Waals surface area contributed by atoms with Crippen molar-refractivity contribution in [3.63, 3.8) is 0 Å². The Bertz CT molecular complexity index is 652. The molecule has 0 spiro atoms. The monoisotopic (exact) mass is 278 g/mol. The van der Waals surface area contributed by atoms with Crippen LogP contribution in [0.5, 0.6) is 0 Å². The summed E-state index contributed by atoms with van der Waals surface area (Å²) in [6.07, 6.45) is 6.22. The van der Waals surface area contributed by atoms with E-state index < -0.39 is 16.1 Å². The van der Waals surface area contributed by atoms with E-state index in [1.807, 2.05) is 6.08 Å². The summed E-state index contributed by atoms with van der Waals surface area (Å²) in [5.41, 5.74) is 0.350. The van der Waals surface area contributed by atoms with E-state index >= 15 is 0 Å². The number of hydrogen-bond donors (Lipinski definition) is 1. The van der Waals surface area contributed by atoms with E-state index in [4.69, 9.17) is 0 Å². The minimum absolute atomic E-state index is 0.161. The minimum Gasteiger partial charge on any atom is -0.306 e. The van der Waals surface area contributed by atoms with Gasteiger partial charge in [0.25, 0.3) is 10.0 Å². The maximum atomic E-state index is 12.5. The molecule has 1 aromatic rings. The standard InChI is InChI=1S/C13H14N2O3S/c16-13-14-11-8-4-5-9-12(11)19(17,18)15(13)10-6-2-1-3-7-10/h2,4-6,8-10H,1,3,7H2,(H,14,16)/t10-/m1/s1. The van der Waals surface area contributed by atoms with Gasteiger partial charge in [-0.3, -0.25) is 0 Å². The van der Waals surface area contributed by atoms with Crippen LogP contribution < -0.4 is 5.32 Å². The molecule has 0 saturated carbocycles. The van der Waals surface area contributed by atoms with Gasteiger partial charge in [0, 0.05) is 0 Å². The van der Waals surface area contributed by atoms with Gasteiger partial charge in [0.1, 0.15) is 4.90 Å². The summed E-state index contributed by atoms with van der Waals surface area (Å²) in [7, 11) is -3.76. The zero-order chi connectivity index (χ0) is 13.5. The van der Waals surface area contributed by atoms with E-state index in [1.54, 1.807) is 24.3 Å². The molecule has 6 heteroatoms. The highest BCUT2D eigenvalue weighted by Crippen LogP contribution is 2.33. The van der Waals surface area contributed by atoms with Gasteiger partial charge in [-0.1, -0.05) is 24.3 Å². The van der Waals surface area contributed by atoms with Crippen LogP contribution in [0.15, 0.2) is 41.3 Å². The van der Waals surface area contributed by atoms with Gasteiger partial charge in [-0.25, -0.2) is 17.5 Å². The van der Waals surface area contributed by atoms with Crippen molar-refractivity contribution in [3.05, 3.63) is 36.4 Å². The van der Waals surface area contributed by atoms with Crippen LogP contribution in [0, 0.1) is 0 Å². The van der Waals surface area contributed by atoms with Crippen LogP contribution >= 0.6 is 0 Å². The fraction of sp³-hybridized carbons (Fsp3) is 0.308. The molecular weight excluding hydrogens is 264 g/mol. The molecule has 5 nitrogen and oxygen atoms in total. The first-order valence-corrected chi connectivity index (χ1v) is 7.66. The van der Waals surface area contributed by atoms with Gasteiger partial charge in [0.05, 0.1) is 11.7 Å². The maximum absolute atomic E-state index is 12.5. The molecule has 0 bridgehead atoms. The van der Waals surface area contributed by atoms with Crippen molar-refractivity contribution in [2.24, 2.45) is 0 Å². The fourth-order valence-corrected chi connectivity index (χ4v) is 4.15. The Hall–Kier alpha value is -1.82. The lowest BCUT2D eigenvalue weighted by atomic mass is 10.0. The van der Waals surface area contributed by atoms with Gasteiger partial charge in [-0.2, -0.15) is 0 Å². The summed E-state index contributed by atoms with van der Waals surface area (Å²) in [6.45, 7) is 0. The fourth-order valence-electron chi connectivity index (χ4n) is 2.50. The number of nitrogens with zero attached hydrogens (tertiary/aromatic N) is 1. The molecule has 100 valence electrons. The molecule has 1 aromatic carbocycles. The van der Waals surface area contributed by atoms with Crippen molar-refractivity contribution in [2.75, 3.05) is 5.32 Å². The average Bonchev–Trinajstić information content (AvgIpc) is 2.39. The predicted molar refractivity (Wildman–Crippen MR) is 71.3 cm³/mol. The number of carbonyl (C=O) groups excluding carboxylic acids is 1. The second-order valence-corrected chi connectivity index (χ2v) is 6.44. The zero-order valence-corrected chi connectivity index (χ0v) is 11.1. The Morgan fingerprint density at radius 3 is 2.79 bits per heavy atom. The number of sulfonamides is 1. The molecule has 2 aliphatic rings. The first-order valence-electron chi connectivity index (χ1n) is 6.22. The number of anilines is 1. The Labute approximate surface area is 112 Å². The highest BCUT2D eigenvalue weighted by Gasteiger charge is 2.40. The number of allylic oxidation sites excluding steroid dienone is 1. The molecule has 1 N–H and O–H groups in total. The van der Waals surface area contributed by atoms with Gasteiger partial charge < -0.3 is 5.32 Å². The van der Waals surface area contributed by atoms with E-state index in [1.165, 1.54) is 6.07 Å². The van der Waals surface area contributed by atoms with Crippen molar-refractivity contribution >= 4 is 21.7 Å². The number of benzene rings is 1. The third-order valence-electron chi connectivity index (χ3n) is 3.40. The van der Waals surface area contributed by atoms with E-state index in [0.717, 1.165) is 17.1 Å². The molecule has 1 aliphatic heterocycles. The molecule has 1 aliphatic carbocycles. The van der Waals surface area contributed by atoms with Gasteiger partial charge in [-0.15, -0.1) is 0 Å². The third-order valence-corrected chi connectivity index (χ3v) is 5.26. The second kappa shape index (κ2) is 4.38. The zero-order valence-electron chi connectivity index (χ0n) is 10.2. The van der Waals surface area contributed by atoms with Crippen molar-refractivity contribution in [1.82, 2.24) is 4.31 Å². The number of fused-ring (bicyclic) bond motifs is 1. The van der Waals surface area contributed by atoms with E-state index in [9.17, 15) is 13.2 Å². The lowest BCUT2D eigenvalue weighted by Gasteiger charge is -2.34. The summed E-state index contributed by atoms with van der Waals surface area (Å²) in [4.78, 5) is 12.2. The molecular formula is C13H14N2O3S. The Kier molecular flexibility index (Phi) is 2.82. The van der Waals surface area contributed by atoms with Crippen LogP contribution in [-0.2, 0) is 10.0 Å². The van der Waals surface area contributed by atoms with E-state index in [0.29, 0.717) is 12.1 Å². The highest BCUT2D eigenvalue weighted by molar-refractivity contribution is 7.90. The second-order valence-electron chi connectivity index (χ2n) is 4.65. The molecule has 19 heavy (non-hydrogen) atoms. The average molecular weight is 278 g/mol. The SMILES string of the molecule is O=C1Nc2ccccc2S(=O)(=O)N1[C@@H]1C=CCCC1. The first kappa shape index (κ1) is 12.2. The molecule has 3 rings (SSSR count). The quantitative estimate of drug-likeness (QED) is 0.802. The maximum Gasteiger partial charge on any atom is 0.336 e. The lowest BCUT2D eigenvalue weighted by Crippen LogP contribution is -2.49. The summed E-state index contributed by atoms with van der Waals surface area (Å²) in [5.74, 6) is 0. The van der Waals surface area contributed by atoms with Crippen LogP contribution in [0.3, 0.4) is 0 Å². The van der Waals surface area contributed by atoms with Crippen molar-refractivity contribution in [3.8, 4) is 0 Å². The number of rotatable bonds is 1. The highest BCUT2D eigenvalue weighted by atomic mass is 32.2. The van der Waals surface area contributed by atoms with E-state index in [-0.39, 0.29) is 10.9 Å². The van der Waals surface area contributed by atoms with Crippen LogP contribution in [-0.4, -0.2) is 24.8 Å². The van der Waals surface area contributed by atoms with E-state index in [2.05, 4.69) is 5.32 Å². The van der Waals surface area contributed by atoms with Gasteiger partial charge in [-0.05, 0) is 31.4 Å². The molecule has 1 atom stereocenters. The third kappa shape index (κ3) is 1.92. The van der Waals surface area contributed by atoms with Gasteiger partial charge >= 0.3 is 6.03 Å². The summed E-state index contributed by atoms with van der Waals surface area (Å²) in [5, 5.41) is 2.64. The molecule has 1 heterocycles.